The molecule has 0 bridgehead atoms. The summed E-state index contributed by atoms with van der Waals surface area (Å²) in [6, 6.07) is 6.12. The van der Waals surface area contributed by atoms with E-state index in [4.69, 9.17) is 4.74 Å². The lowest BCUT2D eigenvalue weighted by molar-refractivity contribution is 0.301. The molecule has 1 fully saturated rings. The summed E-state index contributed by atoms with van der Waals surface area (Å²) in [6.45, 7) is 0. The van der Waals surface area contributed by atoms with Crippen LogP contribution in [0.15, 0.2) is 22.7 Å². The first-order chi connectivity index (χ1) is 5.75. The van der Waals surface area contributed by atoms with E-state index >= 15 is 0 Å². The van der Waals surface area contributed by atoms with Crippen LogP contribution in [0.1, 0.15) is 12.8 Å². The number of benzene rings is 1. The number of hydrogen-bond acceptors (Lipinski definition) is 1. The van der Waals surface area contributed by atoms with Gasteiger partial charge in [-0.05, 0) is 53.6 Å². The average Bonchev–Trinajstić information content (AvgIpc) is 2.81. The predicted molar refractivity (Wildman–Crippen MR) is 60.5 cm³/mol. The number of ether oxygens (including phenoxy) is 1. The lowest BCUT2D eigenvalue weighted by atomic mass is 10.3. The van der Waals surface area contributed by atoms with Gasteiger partial charge in [-0.2, -0.15) is 0 Å². The SMILES string of the molecule is Brc1ccc(I)c(OC2CC2)c1. The molecule has 1 aromatic carbocycles. The molecule has 0 aromatic heterocycles. The van der Waals surface area contributed by atoms with Crippen molar-refractivity contribution in [2.75, 3.05) is 0 Å². The molecule has 2 rings (SSSR count). The molecule has 3 heteroatoms. The van der Waals surface area contributed by atoms with Gasteiger partial charge < -0.3 is 4.74 Å². The summed E-state index contributed by atoms with van der Waals surface area (Å²) in [4.78, 5) is 0. The highest BCUT2D eigenvalue weighted by Crippen LogP contribution is 2.31. The van der Waals surface area contributed by atoms with Gasteiger partial charge in [0.1, 0.15) is 5.75 Å². The smallest absolute Gasteiger partial charge is 0.134 e. The van der Waals surface area contributed by atoms with Gasteiger partial charge in [0.15, 0.2) is 0 Å². The predicted octanol–water partition coefficient (Wildman–Crippen LogP) is 3.59. The summed E-state index contributed by atoms with van der Waals surface area (Å²) in [5, 5.41) is 0. The van der Waals surface area contributed by atoms with Gasteiger partial charge in [-0.15, -0.1) is 0 Å². The molecule has 0 spiro atoms. The summed E-state index contributed by atoms with van der Waals surface area (Å²) >= 11 is 5.72. The van der Waals surface area contributed by atoms with E-state index in [-0.39, 0.29) is 0 Å². The van der Waals surface area contributed by atoms with Crippen LogP contribution >= 0.6 is 38.5 Å². The van der Waals surface area contributed by atoms with Crippen LogP contribution in [0.5, 0.6) is 5.75 Å². The van der Waals surface area contributed by atoms with Crippen LogP contribution in [-0.2, 0) is 0 Å². The second-order valence-corrected chi connectivity index (χ2v) is 4.97. The molecule has 1 aliphatic rings. The largest absolute Gasteiger partial charge is 0.489 e. The van der Waals surface area contributed by atoms with E-state index in [0.717, 1.165) is 10.2 Å². The first kappa shape index (κ1) is 8.81. The zero-order valence-corrected chi connectivity index (χ0v) is 10.1. The van der Waals surface area contributed by atoms with Gasteiger partial charge in [-0.1, -0.05) is 15.9 Å². The Balaban J connectivity index is 2.21. The van der Waals surface area contributed by atoms with E-state index in [9.17, 15) is 0 Å². The molecule has 0 radical (unpaired) electrons. The number of rotatable bonds is 2. The molecular formula is C9H8BrIO. The summed E-state index contributed by atoms with van der Waals surface area (Å²) in [7, 11) is 0. The van der Waals surface area contributed by atoms with Crippen molar-refractivity contribution in [3.8, 4) is 5.75 Å². The first-order valence-corrected chi connectivity index (χ1v) is 5.74. The van der Waals surface area contributed by atoms with Crippen molar-refractivity contribution < 1.29 is 4.74 Å². The number of hydrogen-bond donors (Lipinski definition) is 0. The Labute approximate surface area is 93.8 Å². The maximum atomic E-state index is 5.70. The molecule has 0 saturated heterocycles. The summed E-state index contributed by atoms with van der Waals surface area (Å²) in [6.07, 6.45) is 2.90. The lowest BCUT2D eigenvalue weighted by Gasteiger charge is -2.06. The van der Waals surface area contributed by atoms with Crippen molar-refractivity contribution in [1.29, 1.82) is 0 Å². The van der Waals surface area contributed by atoms with Gasteiger partial charge >= 0.3 is 0 Å². The molecule has 1 aliphatic carbocycles. The molecule has 0 unspecified atom stereocenters. The van der Waals surface area contributed by atoms with Gasteiger partial charge in [-0.25, -0.2) is 0 Å². The summed E-state index contributed by atoms with van der Waals surface area (Å²) in [5.74, 6) is 1.01. The molecule has 0 N–H and O–H groups in total. The van der Waals surface area contributed by atoms with Crippen LogP contribution < -0.4 is 4.74 Å². The van der Waals surface area contributed by atoms with E-state index in [2.05, 4.69) is 44.6 Å². The highest BCUT2D eigenvalue weighted by molar-refractivity contribution is 14.1. The second kappa shape index (κ2) is 3.54. The van der Waals surface area contributed by atoms with Crippen LogP contribution in [0.25, 0.3) is 0 Å². The van der Waals surface area contributed by atoms with E-state index in [0.29, 0.717) is 6.10 Å². The molecule has 1 aromatic rings. The molecular weight excluding hydrogens is 331 g/mol. The Bertz CT molecular complexity index is 297. The topological polar surface area (TPSA) is 9.23 Å². The van der Waals surface area contributed by atoms with E-state index < -0.39 is 0 Å². The minimum Gasteiger partial charge on any atom is -0.489 e. The fraction of sp³-hybridized carbons (Fsp3) is 0.333. The Morgan fingerprint density at radius 3 is 2.83 bits per heavy atom. The lowest BCUT2D eigenvalue weighted by Crippen LogP contribution is -1.97. The van der Waals surface area contributed by atoms with Crippen molar-refractivity contribution >= 4 is 38.5 Å². The third-order valence-electron chi connectivity index (χ3n) is 1.71. The van der Waals surface area contributed by atoms with Crippen LogP contribution in [-0.4, -0.2) is 6.10 Å². The zero-order valence-electron chi connectivity index (χ0n) is 6.39. The summed E-state index contributed by atoms with van der Waals surface area (Å²) < 4.78 is 7.96. The Kier molecular flexibility index (Phi) is 2.60. The van der Waals surface area contributed by atoms with E-state index in [1.54, 1.807) is 0 Å². The molecule has 0 aliphatic heterocycles. The Hall–Kier alpha value is 0.230. The monoisotopic (exact) mass is 338 g/mol. The fourth-order valence-electron chi connectivity index (χ4n) is 0.933. The molecule has 1 nitrogen and oxygen atoms in total. The highest BCUT2D eigenvalue weighted by atomic mass is 127. The first-order valence-electron chi connectivity index (χ1n) is 3.87. The number of halogens is 2. The maximum Gasteiger partial charge on any atom is 0.134 e. The molecule has 12 heavy (non-hydrogen) atoms. The molecule has 0 atom stereocenters. The Morgan fingerprint density at radius 1 is 1.42 bits per heavy atom. The standard InChI is InChI=1S/C9H8BrIO/c10-6-1-4-8(11)9(5-6)12-7-2-3-7/h1,4-5,7H,2-3H2. The molecule has 0 heterocycles. The highest BCUT2D eigenvalue weighted by Gasteiger charge is 2.24. The minimum atomic E-state index is 0.479. The van der Waals surface area contributed by atoms with Crippen molar-refractivity contribution in [1.82, 2.24) is 0 Å². The van der Waals surface area contributed by atoms with Gasteiger partial charge in [0.2, 0.25) is 0 Å². The van der Waals surface area contributed by atoms with Gasteiger partial charge in [0, 0.05) is 4.47 Å². The fourth-order valence-corrected chi connectivity index (χ4v) is 1.74. The third-order valence-corrected chi connectivity index (χ3v) is 3.10. The maximum absolute atomic E-state index is 5.70. The van der Waals surface area contributed by atoms with Crippen molar-refractivity contribution in [2.24, 2.45) is 0 Å². The third kappa shape index (κ3) is 2.13. The zero-order chi connectivity index (χ0) is 8.55. The second-order valence-electron chi connectivity index (χ2n) is 2.89. The molecule has 0 amide bonds. The van der Waals surface area contributed by atoms with Gasteiger partial charge in [0.25, 0.3) is 0 Å². The van der Waals surface area contributed by atoms with Gasteiger partial charge in [-0.3, -0.25) is 0 Å². The van der Waals surface area contributed by atoms with Crippen LogP contribution in [0.4, 0.5) is 0 Å². The van der Waals surface area contributed by atoms with Crippen molar-refractivity contribution in [3.63, 3.8) is 0 Å². The van der Waals surface area contributed by atoms with Crippen molar-refractivity contribution in [2.45, 2.75) is 18.9 Å². The van der Waals surface area contributed by atoms with Crippen LogP contribution in [0.2, 0.25) is 0 Å². The van der Waals surface area contributed by atoms with Crippen LogP contribution in [0, 0.1) is 3.57 Å². The van der Waals surface area contributed by atoms with E-state index in [1.165, 1.54) is 16.4 Å². The quantitative estimate of drug-likeness (QED) is 0.749. The van der Waals surface area contributed by atoms with Crippen molar-refractivity contribution in [3.05, 3.63) is 26.2 Å². The normalized spacial score (nSPS) is 16.2. The average molecular weight is 339 g/mol. The summed E-state index contributed by atoms with van der Waals surface area (Å²) in [5.41, 5.74) is 0. The van der Waals surface area contributed by atoms with E-state index in [1.807, 2.05) is 12.1 Å². The molecule has 1 saturated carbocycles. The Morgan fingerprint density at radius 2 is 2.17 bits per heavy atom. The van der Waals surface area contributed by atoms with Crippen LogP contribution in [0.3, 0.4) is 0 Å². The molecule has 64 valence electrons. The minimum absolute atomic E-state index is 0.479. The van der Waals surface area contributed by atoms with Gasteiger partial charge in [0.05, 0.1) is 9.67 Å².